The molecule has 0 spiro atoms. The lowest BCUT2D eigenvalue weighted by Gasteiger charge is -2.24. The summed E-state index contributed by atoms with van der Waals surface area (Å²) in [7, 11) is 7.18. The molecule has 4 heterocycles. The largest absolute Gasteiger partial charge is 0.212 e. The Labute approximate surface area is 705 Å². The van der Waals surface area contributed by atoms with Crippen LogP contribution >= 0.6 is 0 Å². The molecule has 8 aromatic carbocycles. The Morgan fingerprint density at radius 2 is 0.518 bits per heavy atom. The van der Waals surface area contributed by atoms with E-state index in [4.69, 9.17) is 38.4 Å². The number of hydrogen-bond donors (Lipinski definition) is 0. The maximum absolute atomic E-state index is 9.14. The van der Waals surface area contributed by atoms with Gasteiger partial charge in [-0.25, -0.2) is 18.3 Å². The fourth-order valence-corrected chi connectivity index (χ4v) is 13.5. The molecule has 0 aliphatic carbocycles. The number of nitrogens with zero attached hydrogens (tertiary/aromatic N) is 4. The molecule has 4 nitrogen and oxygen atoms in total. The second-order valence-corrected chi connectivity index (χ2v) is 32.7. The minimum atomic E-state index is -2.50. The van der Waals surface area contributed by atoms with E-state index in [0.717, 1.165) is 55.8 Å². The van der Waals surface area contributed by atoms with Gasteiger partial charge in [0.15, 0.2) is 24.8 Å². The summed E-state index contributed by atoms with van der Waals surface area (Å²) in [5.74, 6) is -0.602. The molecule has 0 bridgehead atoms. The van der Waals surface area contributed by atoms with Crippen molar-refractivity contribution in [3.8, 4) is 89.5 Å². The van der Waals surface area contributed by atoms with E-state index < -0.39 is 95.1 Å². The van der Waals surface area contributed by atoms with Crippen molar-refractivity contribution in [1.29, 1.82) is 0 Å². The molecule has 12 rings (SSSR count). The van der Waals surface area contributed by atoms with Crippen molar-refractivity contribution in [3.63, 3.8) is 0 Å². The first-order chi connectivity index (χ1) is 62.8. The van der Waals surface area contributed by atoms with Crippen LogP contribution in [-0.2, 0) is 60.1 Å². The van der Waals surface area contributed by atoms with Crippen molar-refractivity contribution in [1.82, 2.24) is 0 Å². The van der Waals surface area contributed by atoms with Crippen LogP contribution in [0.15, 0.2) is 219 Å². The molecule has 4 aromatic heterocycles. The minimum absolute atomic E-state index is 0.0301. The number of aromatic nitrogens is 4. The summed E-state index contributed by atoms with van der Waals surface area (Å²) < 4.78 is 240. The van der Waals surface area contributed by atoms with Gasteiger partial charge >= 0.3 is 0 Å². The molecule has 0 aliphatic rings. The van der Waals surface area contributed by atoms with E-state index in [2.05, 4.69) is 0 Å². The Hall–Kier alpha value is -9.64. The Bertz CT molecular complexity index is 6400. The summed E-state index contributed by atoms with van der Waals surface area (Å²) >= 11 is 0. The Morgan fingerprint density at radius 3 is 0.827 bits per heavy atom. The van der Waals surface area contributed by atoms with Gasteiger partial charge in [-0.05, 0) is 271 Å². The topological polar surface area (TPSA) is 15.5 Å². The SMILES string of the molecule is [2H]C([2H])([2H])c1cc(C)c(-c2cc(C([2H])([2H])C(C)(C)C)c(C([2H])([2H])C(C)(C)C)c[n+]2C)cc1-c1ccccc1.[2H]C([2H])([2H])c1cc(C)c(-c2cc(C([2H])([2H])C(C)(C)C)c(C([2H])([2H])[2H])c[n+]2C)cc1-c1ccccc1.[2H]C([2H])([2H])c1cc(C)c(-c2cc(C([2H])([2H])C(C)C)c(C([2H])([2H])[2H])c[n+]2C)cc1-c1ccccc1.[2H]C([2H])([2H])c1cc(C)c(-c2cc(C)c(C([2H])([2H])C(C)C)c[n+]2C)cc1-c1ccccc1. The Morgan fingerprint density at radius 1 is 0.264 bits per heavy atom. The molecule has 0 saturated carbocycles. The lowest BCUT2D eigenvalue weighted by molar-refractivity contribution is -0.661. The molecular weight excluding hydrogens is 1330 g/mol. The smallest absolute Gasteiger partial charge is 0.201 e. The summed E-state index contributed by atoms with van der Waals surface area (Å²) in [6, 6.07) is 58.7. The van der Waals surface area contributed by atoms with Gasteiger partial charge in [0, 0.05) is 107 Å². The van der Waals surface area contributed by atoms with E-state index in [1.165, 1.54) is 12.4 Å². The summed E-state index contributed by atoms with van der Waals surface area (Å²) in [6.07, 6.45) is -2.39. The summed E-state index contributed by atoms with van der Waals surface area (Å²) in [4.78, 5) is 0. The second kappa shape index (κ2) is 36.0. The molecule has 0 unspecified atom stereocenters. The highest BCUT2D eigenvalue weighted by Gasteiger charge is 2.27. The third kappa shape index (κ3) is 22.1. The van der Waals surface area contributed by atoms with E-state index in [-0.39, 0.29) is 44.9 Å². The minimum Gasteiger partial charge on any atom is -0.201 e. The molecule has 12 aromatic rings. The van der Waals surface area contributed by atoms with Crippen molar-refractivity contribution in [3.05, 3.63) is 308 Å². The van der Waals surface area contributed by atoms with Crippen molar-refractivity contribution in [2.24, 2.45) is 56.3 Å². The van der Waals surface area contributed by atoms with Gasteiger partial charge in [0.25, 0.3) is 0 Å². The lowest BCUT2D eigenvalue weighted by Crippen LogP contribution is -2.33. The van der Waals surface area contributed by atoms with Crippen LogP contribution in [-0.4, -0.2) is 0 Å². The Balaban J connectivity index is 0.000000206. The van der Waals surface area contributed by atoms with E-state index >= 15 is 0 Å². The van der Waals surface area contributed by atoms with Crippen molar-refractivity contribution < 1.29 is 56.6 Å². The number of benzene rings is 8. The molecule has 0 fully saturated rings. The lowest BCUT2D eigenvalue weighted by atomic mass is 9.81. The second-order valence-electron chi connectivity index (χ2n) is 32.7. The number of aryl methyl sites for hydroxylation is 15. The standard InChI is InChI=1S/C30H40N.C26H32N.2C25H30N/c1-21-15-22(2)27(17-26(21)23-13-11-10-12-14-23)28-16-24(18-29(3,4)5)25(20-31(28)9)19-30(6,7)8;1-18-13-19(2)24(15-23(18)21-11-9-8-10-12-21)25-14-22(16-26(4,5)6)20(3)17-27(25)7;1-17(2)12-22-16-26(6)25(14-18(22)3)24-15-23(19(4)13-20(24)5)21-10-8-7-9-11-21;1-17(2)12-22-14-25(26(6)16-20(22)5)24-15-23(18(3)13-19(24)4)21-10-8-7-9-11-21/h10-17,20H,18-19H2,1-9H3;8-15,17H,16H2,1-7H3;2*7-11,13-17H,12H2,1-6H3/q4*+1/i1D3,18D2,19D2;1D3,3D3,16D2;4D3,12D2;3D3,5D3,12D2. The van der Waals surface area contributed by atoms with Gasteiger partial charge in [-0.1, -0.05) is 236 Å². The molecule has 0 amide bonds. The molecule has 0 aliphatic heterocycles. The van der Waals surface area contributed by atoms with E-state index in [1.54, 1.807) is 107 Å². The van der Waals surface area contributed by atoms with Crippen LogP contribution in [0.4, 0.5) is 0 Å². The van der Waals surface area contributed by atoms with Crippen LogP contribution in [0.3, 0.4) is 0 Å². The van der Waals surface area contributed by atoms with Gasteiger partial charge in [0.2, 0.25) is 22.8 Å². The average Bonchev–Trinajstić information content (AvgIpc) is 0.734. The van der Waals surface area contributed by atoms with E-state index in [0.29, 0.717) is 83.8 Å². The van der Waals surface area contributed by atoms with E-state index in [9.17, 15) is 0 Å². The fraction of sp³-hybridized carbons (Fsp3) is 0.358. The highest BCUT2D eigenvalue weighted by molar-refractivity contribution is 5.80. The van der Waals surface area contributed by atoms with E-state index in [1.807, 2.05) is 271 Å². The molecule has 572 valence electrons. The van der Waals surface area contributed by atoms with Gasteiger partial charge in [-0.2, -0.15) is 0 Å². The number of hydrogen-bond acceptors (Lipinski definition) is 0. The third-order valence-corrected chi connectivity index (χ3v) is 18.6. The van der Waals surface area contributed by atoms with Crippen LogP contribution < -0.4 is 18.3 Å². The van der Waals surface area contributed by atoms with Crippen molar-refractivity contribution in [2.45, 2.75) is 198 Å². The molecule has 0 saturated heterocycles. The Kier molecular flexibility index (Phi) is 17.4. The first-order valence-electron chi connectivity index (χ1n) is 51.8. The summed E-state index contributed by atoms with van der Waals surface area (Å²) in [6.45, 7) is 18.6. The molecule has 4 heteroatoms. The van der Waals surface area contributed by atoms with Crippen molar-refractivity contribution in [2.75, 3.05) is 0 Å². The number of rotatable bonds is 15. The van der Waals surface area contributed by atoms with Crippen LogP contribution in [0.5, 0.6) is 0 Å². The molecule has 0 N–H and O–H groups in total. The normalized spacial score (nSPS) is 16.7. The first kappa shape index (κ1) is 53.3. The average molecular weight is 1490 g/mol. The quantitative estimate of drug-likeness (QED) is 0.0909. The molecule has 0 radical (unpaired) electrons. The number of pyridine rings is 4. The predicted molar refractivity (Wildman–Crippen MR) is 473 cm³/mol. The first-order valence-corrected chi connectivity index (χ1v) is 37.8. The third-order valence-electron chi connectivity index (χ3n) is 18.6. The van der Waals surface area contributed by atoms with Crippen molar-refractivity contribution >= 4 is 0 Å². The maximum Gasteiger partial charge on any atom is 0.212 e. The monoisotopic (exact) mass is 1490 g/mol. The summed E-state index contributed by atoms with van der Waals surface area (Å²) in [5.41, 5.74) is 15.6. The maximum atomic E-state index is 9.14. The zero-order valence-electron chi connectivity index (χ0n) is 96.7. The van der Waals surface area contributed by atoms with Gasteiger partial charge < -0.3 is 0 Å². The molecular formula is C106H132N4+4. The highest BCUT2D eigenvalue weighted by atomic mass is 14.9. The van der Waals surface area contributed by atoms with Crippen LogP contribution in [0.1, 0.15) is 217 Å². The van der Waals surface area contributed by atoms with Crippen LogP contribution in [0.25, 0.3) is 89.5 Å². The highest BCUT2D eigenvalue weighted by Crippen LogP contribution is 2.39. The van der Waals surface area contributed by atoms with Gasteiger partial charge in [-0.15, -0.1) is 0 Å². The predicted octanol–water partition coefficient (Wildman–Crippen LogP) is 25.9. The fourth-order valence-electron chi connectivity index (χ4n) is 13.5. The van der Waals surface area contributed by atoms with Gasteiger partial charge in [0.1, 0.15) is 28.2 Å². The van der Waals surface area contributed by atoms with Crippen LogP contribution in [0.2, 0.25) is 0 Å². The van der Waals surface area contributed by atoms with Gasteiger partial charge in [-0.3, -0.25) is 0 Å². The molecule has 0 atom stereocenters. The van der Waals surface area contributed by atoms with Gasteiger partial charge in [0.05, 0.1) is 0 Å². The van der Waals surface area contributed by atoms with Crippen LogP contribution in [0, 0.1) is 104 Å². The summed E-state index contributed by atoms with van der Waals surface area (Å²) in [5, 5.41) is 0. The zero-order valence-corrected chi connectivity index (χ0v) is 68.7. The molecule has 110 heavy (non-hydrogen) atoms. The zero-order chi connectivity index (χ0) is 104.